The highest BCUT2D eigenvalue weighted by Gasteiger charge is 2.41. The molecule has 0 aliphatic carbocycles. The molecule has 5 atom stereocenters. The monoisotopic (exact) mass is 515 g/mol. The molecule has 2 fully saturated rings. The average Bonchev–Trinajstić information content (AvgIpc) is 3.59. The number of H-pyrrole nitrogens is 1. The summed E-state index contributed by atoms with van der Waals surface area (Å²) < 4.78 is 5.45. The summed E-state index contributed by atoms with van der Waals surface area (Å²) in [4.78, 5) is 30.9. The van der Waals surface area contributed by atoms with E-state index < -0.39 is 18.3 Å². The van der Waals surface area contributed by atoms with Crippen LogP contribution in [-0.4, -0.2) is 65.3 Å². The molecule has 0 saturated carbocycles. The van der Waals surface area contributed by atoms with Crippen LogP contribution in [0.4, 0.5) is 0 Å². The summed E-state index contributed by atoms with van der Waals surface area (Å²) in [5, 5.41) is 27.8. The number of likely N-dealkylation sites (tertiary alicyclic amines) is 1. The number of aromatic nitrogens is 1. The molecular formula is C29H33N5O4. The lowest BCUT2D eigenvalue weighted by atomic mass is 9.91. The first kappa shape index (κ1) is 25.8. The number of rotatable bonds is 8. The molecule has 9 nitrogen and oxygen atoms in total. The van der Waals surface area contributed by atoms with Crippen molar-refractivity contribution in [1.29, 1.82) is 5.26 Å². The second-order valence-corrected chi connectivity index (χ2v) is 10.1. The van der Waals surface area contributed by atoms with E-state index in [2.05, 4.69) is 21.7 Å². The normalized spacial score (nSPS) is 23.0. The lowest BCUT2D eigenvalue weighted by Crippen LogP contribution is -2.52. The zero-order valence-electron chi connectivity index (χ0n) is 21.4. The van der Waals surface area contributed by atoms with Crippen LogP contribution in [0, 0.1) is 17.2 Å². The number of hydrogen-bond acceptors (Lipinski definition) is 6. The molecule has 2 aromatic carbocycles. The molecule has 1 unspecified atom stereocenters. The molecule has 5 rings (SSSR count). The topological polar surface area (TPSA) is 130 Å². The fourth-order valence-electron chi connectivity index (χ4n) is 5.76. The van der Waals surface area contributed by atoms with Crippen LogP contribution in [0.1, 0.15) is 47.7 Å². The van der Waals surface area contributed by atoms with Crippen LogP contribution in [0.5, 0.6) is 5.75 Å². The van der Waals surface area contributed by atoms with Crippen molar-refractivity contribution >= 4 is 22.7 Å². The van der Waals surface area contributed by atoms with Gasteiger partial charge in [0.15, 0.2) is 0 Å². The number of carbonyl (C=O) groups is 2. The van der Waals surface area contributed by atoms with Crippen molar-refractivity contribution in [2.45, 2.75) is 49.9 Å². The fourth-order valence-corrected chi connectivity index (χ4v) is 5.76. The zero-order valence-corrected chi connectivity index (χ0v) is 21.4. The number of benzene rings is 2. The summed E-state index contributed by atoms with van der Waals surface area (Å²) in [6.07, 6.45) is 1.30. The van der Waals surface area contributed by atoms with Crippen LogP contribution in [0.2, 0.25) is 0 Å². The molecule has 9 heteroatoms. The number of piperidine rings is 1. The number of methoxy groups -OCH3 is 1. The minimum absolute atomic E-state index is 0.0326. The Morgan fingerprint density at radius 2 is 2.08 bits per heavy atom. The van der Waals surface area contributed by atoms with Gasteiger partial charge in [-0.05, 0) is 49.4 Å². The third-order valence-electron chi connectivity index (χ3n) is 7.76. The van der Waals surface area contributed by atoms with Gasteiger partial charge in [-0.15, -0.1) is 0 Å². The minimum atomic E-state index is -1.14. The Morgan fingerprint density at radius 3 is 2.82 bits per heavy atom. The Hall–Kier alpha value is -3.87. The van der Waals surface area contributed by atoms with Crippen molar-refractivity contribution in [2.24, 2.45) is 5.92 Å². The Bertz CT molecular complexity index is 1330. The number of hydrogen-bond donors (Lipinski definition) is 4. The van der Waals surface area contributed by atoms with Crippen LogP contribution in [0.15, 0.2) is 54.6 Å². The number of nitrogens with zero attached hydrogens (tertiary/aromatic N) is 2. The fraction of sp³-hybridized carbons (Fsp3) is 0.414. The van der Waals surface area contributed by atoms with Gasteiger partial charge in [0.25, 0.3) is 5.91 Å². The SMILES string of the molecule is COc1cccc2[nH]c(C(=O)N3C[C@H](c4ccccc4)CC3[C@@H](O)N[C@H](C#N)C[C@@H]3CCCNC3=O)cc12. The van der Waals surface area contributed by atoms with Gasteiger partial charge in [-0.3, -0.25) is 14.9 Å². The molecule has 1 aromatic heterocycles. The van der Waals surface area contributed by atoms with Crippen LogP contribution < -0.4 is 15.4 Å². The van der Waals surface area contributed by atoms with E-state index >= 15 is 0 Å². The third-order valence-corrected chi connectivity index (χ3v) is 7.76. The average molecular weight is 516 g/mol. The van der Waals surface area contributed by atoms with E-state index in [1.54, 1.807) is 18.1 Å². The number of fused-ring (bicyclic) bond motifs is 1. The van der Waals surface area contributed by atoms with Crippen LogP contribution in [0.25, 0.3) is 10.9 Å². The first-order valence-corrected chi connectivity index (χ1v) is 13.1. The van der Waals surface area contributed by atoms with Gasteiger partial charge in [-0.25, -0.2) is 0 Å². The van der Waals surface area contributed by atoms with Crippen LogP contribution >= 0.6 is 0 Å². The standard InChI is InChI=1S/C29H33N5O4/c1-38-26-11-5-10-23-22(26)15-24(33-23)29(37)34-17-20(18-7-3-2-4-8-18)14-25(34)28(36)32-21(16-30)13-19-9-6-12-31-27(19)35/h2-5,7-8,10-11,15,19-21,25,28,32-33,36H,6,9,12-14,17H2,1H3,(H,31,35)/t19-,20+,21-,25?,28+/m0/s1. The second-order valence-electron chi connectivity index (χ2n) is 10.1. The van der Waals surface area contributed by atoms with Gasteiger partial charge < -0.3 is 25.0 Å². The molecular weight excluding hydrogens is 482 g/mol. The van der Waals surface area contributed by atoms with Gasteiger partial charge in [-0.2, -0.15) is 5.26 Å². The predicted octanol–water partition coefficient (Wildman–Crippen LogP) is 2.89. The largest absolute Gasteiger partial charge is 0.496 e. The minimum Gasteiger partial charge on any atom is -0.496 e. The number of aliphatic hydroxyl groups excluding tert-OH is 1. The predicted molar refractivity (Wildman–Crippen MR) is 142 cm³/mol. The maximum atomic E-state index is 13.8. The van der Waals surface area contributed by atoms with E-state index in [9.17, 15) is 20.0 Å². The van der Waals surface area contributed by atoms with Crippen molar-refractivity contribution in [3.63, 3.8) is 0 Å². The molecule has 38 heavy (non-hydrogen) atoms. The summed E-state index contributed by atoms with van der Waals surface area (Å²) in [6, 6.07) is 18.2. The quantitative estimate of drug-likeness (QED) is 0.341. The van der Waals surface area contributed by atoms with Crippen LogP contribution in [-0.2, 0) is 4.79 Å². The van der Waals surface area contributed by atoms with Gasteiger partial charge in [0.1, 0.15) is 17.7 Å². The van der Waals surface area contributed by atoms with Gasteiger partial charge in [0.05, 0.1) is 25.3 Å². The summed E-state index contributed by atoms with van der Waals surface area (Å²) in [5.41, 5.74) is 2.29. The van der Waals surface area contributed by atoms with Gasteiger partial charge in [0, 0.05) is 35.8 Å². The smallest absolute Gasteiger partial charge is 0.270 e. The number of aromatic amines is 1. The summed E-state index contributed by atoms with van der Waals surface area (Å²) in [7, 11) is 1.59. The molecule has 4 N–H and O–H groups in total. The van der Waals surface area contributed by atoms with E-state index in [4.69, 9.17) is 4.74 Å². The Balaban J connectivity index is 1.38. The van der Waals surface area contributed by atoms with Crippen molar-refractivity contribution < 1.29 is 19.4 Å². The molecule has 2 aliphatic rings. The maximum absolute atomic E-state index is 13.8. The van der Waals surface area contributed by atoms with E-state index in [1.165, 1.54) is 0 Å². The number of nitriles is 1. The van der Waals surface area contributed by atoms with Gasteiger partial charge in [-0.1, -0.05) is 36.4 Å². The van der Waals surface area contributed by atoms with E-state index in [0.717, 1.165) is 29.3 Å². The summed E-state index contributed by atoms with van der Waals surface area (Å²) in [6.45, 7) is 1.09. The number of carbonyl (C=O) groups excluding carboxylic acids is 2. The Morgan fingerprint density at radius 1 is 1.26 bits per heavy atom. The van der Waals surface area contributed by atoms with Crippen LogP contribution in [0.3, 0.4) is 0 Å². The first-order chi connectivity index (χ1) is 18.5. The Kier molecular flexibility index (Phi) is 7.63. The summed E-state index contributed by atoms with van der Waals surface area (Å²) >= 11 is 0. The summed E-state index contributed by atoms with van der Waals surface area (Å²) in [5.74, 6) is 0.151. The lowest BCUT2D eigenvalue weighted by molar-refractivity contribution is -0.127. The van der Waals surface area contributed by atoms with Crippen molar-refractivity contribution in [3.8, 4) is 11.8 Å². The molecule has 2 aliphatic heterocycles. The second kappa shape index (κ2) is 11.3. The van der Waals surface area contributed by atoms with E-state index in [1.807, 2.05) is 48.5 Å². The zero-order chi connectivity index (χ0) is 26.6. The van der Waals surface area contributed by atoms with E-state index in [0.29, 0.717) is 37.4 Å². The molecule has 3 aromatic rings. The molecule has 0 bridgehead atoms. The van der Waals surface area contributed by atoms with Gasteiger partial charge in [0.2, 0.25) is 5.91 Å². The number of nitrogens with one attached hydrogen (secondary N) is 3. The number of amides is 2. The highest BCUT2D eigenvalue weighted by molar-refractivity contribution is 6.00. The first-order valence-electron chi connectivity index (χ1n) is 13.1. The molecule has 0 spiro atoms. The maximum Gasteiger partial charge on any atom is 0.270 e. The Labute approximate surface area is 221 Å². The van der Waals surface area contributed by atoms with E-state index in [-0.39, 0.29) is 23.7 Å². The van der Waals surface area contributed by atoms with Crippen molar-refractivity contribution in [3.05, 3.63) is 65.9 Å². The van der Waals surface area contributed by atoms with Gasteiger partial charge >= 0.3 is 0 Å². The molecule has 3 heterocycles. The highest BCUT2D eigenvalue weighted by Crippen LogP contribution is 2.35. The third kappa shape index (κ3) is 5.23. The number of ether oxygens (including phenoxy) is 1. The molecule has 2 saturated heterocycles. The van der Waals surface area contributed by atoms with Crippen molar-refractivity contribution in [2.75, 3.05) is 20.2 Å². The molecule has 198 valence electrons. The molecule has 2 amide bonds. The molecule has 0 radical (unpaired) electrons. The van der Waals surface area contributed by atoms with Crippen molar-refractivity contribution in [1.82, 2.24) is 20.5 Å². The number of aliphatic hydroxyl groups is 1. The lowest BCUT2D eigenvalue weighted by Gasteiger charge is -2.31. The highest BCUT2D eigenvalue weighted by atomic mass is 16.5.